The van der Waals surface area contributed by atoms with Crippen molar-refractivity contribution >= 4 is 0 Å². The molecule has 2 aliphatic rings. The summed E-state index contributed by atoms with van der Waals surface area (Å²) in [5, 5.41) is 0. The minimum absolute atomic E-state index is 0.221. The van der Waals surface area contributed by atoms with Crippen molar-refractivity contribution in [1.82, 2.24) is 5.69 Å². The van der Waals surface area contributed by atoms with Gasteiger partial charge in [0.1, 0.15) is 0 Å². The zero-order valence-electron chi connectivity index (χ0n) is 15.8. The van der Waals surface area contributed by atoms with E-state index in [1.165, 1.54) is 12.8 Å². The molecule has 0 heterocycles. The van der Waals surface area contributed by atoms with Gasteiger partial charge in [-0.15, -0.1) is 0 Å². The van der Waals surface area contributed by atoms with Crippen molar-refractivity contribution in [3.8, 4) is 0 Å². The normalized spacial score (nSPS) is 21.2. The Hall–Kier alpha value is -0.237. The summed E-state index contributed by atoms with van der Waals surface area (Å²) in [4.78, 5) is 0. The van der Waals surface area contributed by atoms with Crippen molar-refractivity contribution in [2.45, 2.75) is 46.8 Å². The standard InChI is InChI=1S/2C7H9.2C3H8N.Zr/c2*1-2-7-5-3-4-6-7;2*1-3-4-2;/h2*3-6H,2H2,1H3;2*3H2,1-2H3;/q;;2*-1;+2. The van der Waals surface area contributed by atoms with E-state index in [9.17, 15) is 0 Å². The molecule has 128 valence electrons. The molecular weight excluding hydrogens is 359 g/mol. The molecule has 0 unspecified atom stereocenters. The van der Waals surface area contributed by atoms with Crippen molar-refractivity contribution in [3.05, 3.63) is 48.6 Å². The van der Waals surface area contributed by atoms with Crippen LogP contribution in [-0.2, 0) is 20.8 Å². The van der Waals surface area contributed by atoms with E-state index in [0.29, 0.717) is 0 Å². The molecule has 0 spiro atoms. The van der Waals surface area contributed by atoms with Crippen molar-refractivity contribution in [2.75, 3.05) is 27.2 Å². The Kier molecular flexibility index (Phi) is 6.09. The maximum atomic E-state index is 2.78. The summed E-state index contributed by atoms with van der Waals surface area (Å²) in [6.45, 7) is 11.6. The van der Waals surface area contributed by atoms with E-state index in [1.807, 2.05) is 0 Å². The molecule has 0 saturated carbocycles. The number of hydrogen-bond acceptors (Lipinski definition) is 2. The van der Waals surface area contributed by atoms with E-state index in [4.69, 9.17) is 0 Å². The van der Waals surface area contributed by atoms with E-state index in [1.54, 1.807) is 0 Å². The van der Waals surface area contributed by atoms with Gasteiger partial charge in [-0.1, -0.05) is 0 Å². The molecule has 0 bridgehead atoms. The van der Waals surface area contributed by atoms with Gasteiger partial charge in [-0.05, 0) is 0 Å². The quantitative estimate of drug-likeness (QED) is 0.555. The van der Waals surface area contributed by atoms with Gasteiger partial charge in [0.2, 0.25) is 0 Å². The molecule has 0 amide bonds. The van der Waals surface area contributed by atoms with E-state index in [0.717, 1.165) is 13.1 Å². The molecular formula is C20H34N2Zr. The molecule has 0 saturated heterocycles. The van der Waals surface area contributed by atoms with Gasteiger partial charge in [-0.3, -0.25) is 0 Å². The molecule has 0 radical (unpaired) electrons. The second-order valence-corrected chi connectivity index (χ2v) is 18.6. The molecule has 0 aromatic heterocycles. The third-order valence-corrected chi connectivity index (χ3v) is 23.1. The first-order valence-electron chi connectivity index (χ1n) is 9.16. The van der Waals surface area contributed by atoms with Gasteiger partial charge in [0, 0.05) is 0 Å². The predicted molar refractivity (Wildman–Crippen MR) is 99.1 cm³/mol. The first-order chi connectivity index (χ1) is 11.0. The van der Waals surface area contributed by atoms with Crippen LogP contribution in [0.2, 0.25) is 6.25 Å². The van der Waals surface area contributed by atoms with Crippen LogP contribution in [0.3, 0.4) is 0 Å². The number of allylic oxidation sites excluding steroid dienone is 8. The zero-order valence-corrected chi connectivity index (χ0v) is 18.3. The van der Waals surface area contributed by atoms with Crippen LogP contribution < -0.4 is 0 Å². The first kappa shape index (κ1) is 19.1. The molecule has 0 aromatic carbocycles. The average Bonchev–Trinajstić information content (AvgIpc) is 3.25. The fourth-order valence-electron chi connectivity index (χ4n) is 5.05. The summed E-state index contributed by atoms with van der Waals surface area (Å²) in [6, 6.07) is 0. The maximum absolute atomic E-state index is 3.14. The van der Waals surface area contributed by atoms with Crippen LogP contribution in [0, 0.1) is 0 Å². The molecule has 0 N–H and O–H groups in total. The zero-order chi connectivity index (χ0) is 17.1. The Balaban J connectivity index is 2.81. The molecule has 3 heteroatoms. The van der Waals surface area contributed by atoms with Crippen molar-refractivity contribution in [1.29, 1.82) is 0 Å². The molecule has 2 nitrogen and oxygen atoms in total. The number of hydrogen-bond donors (Lipinski definition) is 0. The van der Waals surface area contributed by atoms with E-state index in [2.05, 4.69) is 96.1 Å². The van der Waals surface area contributed by atoms with Crippen LogP contribution in [0.4, 0.5) is 0 Å². The molecule has 2 rings (SSSR count). The minimum atomic E-state index is -3.14. The Bertz CT molecular complexity index is 458. The van der Waals surface area contributed by atoms with Crippen LogP contribution >= 0.6 is 0 Å². The fraction of sp³-hybridized carbons (Fsp3) is 0.600. The molecule has 0 atom stereocenters. The summed E-state index contributed by atoms with van der Waals surface area (Å²) in [5.41, 5.74) is 0. The van der Waals surface area contributed by atoms with E-state index >= 15 is 0 Å². The summed E-state index contributed by atoms with van der Waals surface area (Å²) in [6.07, 6.45) is 21.6. The molecule has 23 heavy (non-hydrogen) atoms. The van der Waals surface area contributed by atoms with Gasteiger partial charge in [0.05, 0.1) is 0 Å². The fourth-order valence-corrected chi connectivity index (χ4v) is 23.5. The monoisotopic (exact) mass is 392 g/mol. The number of rotatable bonds is 8. The van der Waals surface area contributed by atoms with Crippen molar-refractivity contribution in [3.63, 3.8) is 0 Å². The third-order valence-electron chi connectivity index (χ3n) is 6.32. The summed E-state index contributed by atoms with van der Waals surface area (Å²) < 4.78 is 6.01. The molecule has 0 fully saturated rings. The van der Waals surface area contributed by atoms with Crippen molar-refractivity contribution < 1.29 is 20.8 Å². The van der Waals surface area contributed by atoms with Crippen LogP contribution in [-0.4, -0.2) is 32.9 Å². The van der Waals surface area contributed by atoms with Gasteiger partial charge < -0.3 is 0 Å². The van der Waals surface area contributed by atoms with Crippen LogP contribution in [0.25, 0.3) is 0 Å². The summed E-state index contributed by atoms with van der Waals surface area (Å²) in [7, 11) is 4.77. The van der Waals surface area contributed by atoms with E-state index < -0.39 is 20.8 Å². The average molecular weight is 394 g/mol. The number of nitrogens with zero attached hydrogens (tertiary/aromatic N) is 2. The second-order valence-electron chi connectivity index (χ2n) is 6.92. The second kappa shape index (κ2) is 7.34. The van der Waals surface area contributed by atoms with Gasteiger partial charge >= 0.3 is 149 Å². The topological polar surface area (TPSA) is 6.48 Å². The van der Waals surface area contributed by atoms with Crippen LogP contribution in [0.1, 0.15) is 40.5 Å². The van der Waals surface area contributed by atoms with Gasteiger partial charge in [0.15, 0.2) is 0 Å². The molecule has 0 aromatic rings. The van der Waals surface area contributed by atoms with Gasteiger partial charge in [-0.2, -0.15) is 0 Å². The summed E-state index contributed by atoms with van der Waals surface area (Å²) in [5.74, 6) is 0. The Morgan fingerprint density at radius 3 is 1.17 bits per heavy atom. The van der Waals surface area contributed by atoms with Crippen molar-refractivity contribution in [2.24, 2.45) is 0 Å². The SMILES string of the molecule is CC[N](C)[Zr]([N](C)CC)([C]1(CC)C=CC=C1)[C]1(CC)C=CC=C1. The molecule has 2 aliphatic carbocycles. The molecule has 0 aliphatic heterocycles. The predicted octanol–water partition coefficient (Wildman–Crippen LogP) is 5.26. The van der Waals surface area contributed by atoms with Crippen LogP contribution in [0.15, 0.2) is 48.6 Å². The first-order valence-corrected chi connectivity index (χ1v) is 13.8. The summed E-state index contributed by atoms with van der Waals surface area (Å²) >= 11 is -3.14. The Morgan fingerprint density at radius 2 is 0.957 bits per heavy atom. The van der Waals surface area contributed by atoms with E-state index in [-0.39, 0.29) is 6.25 Å². The Labute approximate surface area is 148 Å². The third kappa shape index (κ3) is 2.55. The van der Waals surface area contributed by atoms with Gasteiger partial charge in [0.25, 0.3) is 0 Å². The Morgan fingerprint density at radius 1 is 0.652 bits per heavy atom. The van der Waals surface area contributed by atoms with Crippen LogP contribution in [0.5, 0.6) is 0 Å². The van der Waals surface area contributed by atoms with Gasteiger partial charge in [-0.25, -0.2) is 0 Å².